The normalized spacial score (nSPS) is 10.8. The summed E-state index contributed by atoms with van der Waals surface area (Å²) in [5.41, 5.74) is 1.92. The quantitative estimate of drug-likeness (QED) is 0.772. The van der Waals surface area contributed by atoms with E-state index in [2.05, 4.69) is 5.32 Å². The zero-order chi connectivity index (χ0) is 15.5. The molecule has 0 spiro atoms. The summed E-state index contributed by atoms with van der Waals surface area (Å²) in [5, 5.41) is 4.11. The molecule has 0 aliphatic heterocycles. The molecule has 3 rings (SSSR count). The number of hydrogen-bond acceptors (Lipinski definition) is 3. The molecule has 1 aromatic heterocycles. The zero-order valence-corrected chi connectivity index (χ0v) is 12.7. The molecule has 0 bridgehead atoms. The molecule has 2 aromatic carbocycles. The molecule has 0 fully saturated rings. The molecular formula is C17H14ClNO3. The monoisotopic (exact) mass is 315 g/mol. The number of hydrogen-bond donors (Lipinski definition) is 1. The standard InChI is InChI=1S/C17H14ClNO3/c1-21-10-12-11-6-2-5-9-15(11)22-16(12)17(20)19-14-8-4-3-7-13(14)18/h2-9H,10H2,1H3,(H,19,20). The molecule has 22 heavy (non-hydrogen) atoms. The Bertz CT molecular complexity index is 826. The maximum absolute atomic E-state index is 12.5. The Morgan fingerprint density at radius 1 is 1.18 bits per heavy atom. The number of anilines is 1. The topological polar surface area (TPSA) is 51.5 Å². The Morgan fingerprint density at radius 3 is 2.68 bits per heavy atom. The van der Waals surface area contributed by atoms with E-state index in [4.69, 9.17) is 20.8 Å². The number of amides is 1. The van der Waals surface area contributed by atoms with Crippen LogP contribution in [0.2, 0.25) is 5.02 Å². The van der Waals surface area contributed by atoms with Crippen LogP contribution in [0.1, 0.15) is 16.1 Å². The van der Waals surface area contributed by atoms with Gasteiger partial charge in [0.05, 0.1) is 17.3 Å². The summed E-state index contributed by atoms with van der Waals surface area (Å²) in [6.45, 7) is 0.294. The van der Waals surface area contributed by atoms with Gasteiger partial charge in [-0.1, -0.05) is 41.9 Å². The molecule has 0 unspecified atom stereocenters. The minimum absolute atomic E-state index is 0.239. The molecule has 0 atom stereocenters. The van der Waals surface area contributed by atoms with Gasteiger partial charge in [0.25, 0.3) is 5.91 Å². The van der Waals surface area contributed by atoms with Crippen molar-refractivity contribution >= 4 is 34.2 Å². The van der Waals surface area contributed by atoms with E-state index in [9.17, 15) is 4.79 Å². The van der Waals surface area contributed by atoms with Crippen LogP contribution in [0.5, 0.6) is 0 Å². The average molecular weight is 316 g/mol. The maximum Gasteiger partial charge on any atom is 0.291 e. The fraction of sp³-hybridized carbons (Fsp3) is 0.118. The van der Waals surface area contributed by atoms with Gasteiger partial charge in [-0.15, -0.1) is 0 Å². The number of halogens is 1. The van der Waals surface area contributed by atoms with Crippen LogP contribution < -0.4 is 5.32 Å². The minimum Gasteiger partial charge on any atom is -0.451 e. The first-order chi connectivity index (χ1) is 10.7. The smallest absolute Gasteiger partial charge is 0.291 e. The number of ether oxygens (including phenoxy) is 1. The predicted molar refractivity (Wildman–Crippen MR) is 86.3 cm³/mol. The van der Waals surface area contributed by atoms with Gasteiger partial charge in [0.1, 0.15) is 5.58 Å². The Labute approximate surface area is 132 Å². The highest BCUT2D eigenvalue weighted by Crippen LogP contribution is 2.28. The fourth-order valence-electron chi connectivity index (χ4n) is 2.31. The summed E-state index contributed by atoms with van der Waals surface area (Å²) >= 11 is 6.07. The van der Waals surface area contributed by atoms with Crippen LogP contribution in [0.3, 0.4) is 0 Å². The molecule has 0 saturated carbocycles. The molecule has 112 valence electrons. The summed E-state index contributed by atoms with van der Waals surface area (Å²) < 4.78 is 10.9. The van der Waals surface area contributed by atoms with Crippen molar-refractivity contribution in [2.45, 2.75) is 6.61 Å². The number of carbonyl (C=O) groups excluding carboxylic acids is 1. The van der Waals surface area contributed by atoms with E-state index in [1.54, 1.807) is 31.4 Å². The van der Waals surface area contributed by atoms with E-state index in [0.29, 0.717) is 22.9 Å². The highest BCUT2D eigenvalue weighted by Gasteiger charge is 2.20. The highest BCUT2D eigenvalue weighted by atomic mass is 35.5. The van der Waals surface area contributed by atoms with Crippen LogP contribution in [0, 0.1) is 0 Å². The Kier molecular flexibility index (Phi) is 4.13. The van der Waals surface area contributed by atoms with Gasteiger partial charge < -0.3 is 14.5 Å². The summed E-state index contributed by atoms with van der Waals surface area (Å²) in [7, 11) is 1.58. The molecule has 5 heteroatoms. The Morgan fingerprint density at radius 2 is 1.91 bits per heavy atom. The van der Waals surface area contributed by atoms with Crippen LogP contribution in [0.4, 0.5) is 5.69 Å². The van der Waals surface area contributed by atoms with E-state index in [-0.39, 0.29) is 11.7 Å². The lowest BCUT2D eigenvalue weighted by atomic mass is 10.1. The van der Waals surface area contributed by atoms with Gasteiger partial charge >= 0.3 is 0 Å². The van der Waals surface area contributed by atoms with Gasteiger partial charge in [0.2, 0.25) is 0 Å². The number of rotatable bonds is 4. The molecule has 0 aliphatic rings. The van der Waals surface area contributed by atoms with Crippen molar-refractivity contribution in [3.8, 4) is 0 Å². The largest absolute Gasteiger partial charge is 0.451 e. The van der Waals surface area contributed by atoms with Crippen LogP contribution in [-0.4, -0.2) is 13.0 Å². The third-order valence-corrected chi connectivity index (χ3v) is 3.64. The van der Waals surface area contributed by atoms with Crippen LogP contribution >= 0.6 is 11.6 Å². The molecule has 0 radical (unpaired) electrons. The molecule has 3 aromatic rings. The number of furan rings is 1. The third kappa shape index (κ3) is 2.71. The van der Waals surface area contributed by atoms with Crippen molar-refractivity contribution in [3.05, 3.63) is 64.9 Å². The van der Waals surface area contributed by atoms with Crippen molar-refractivity contribution in [2.24, 2.45) is 0 Å². The molecule has 4 nitrogen and oxygen atoms in total. The lowest BCUT2D eigenvalue weighted by Gasteiger charge is -2.06. The third-order valence-electron chi connectivity index (χ3n) is 3.32. The van der Waals surface area contributed by atoms with Crippen molar-refractivity contribution in [1.29, 1.82) is 0 Å². The van der Waals surface area contributed by atoms with Gasteiger partial charge in [-0.3, -0.25) is 4.79 Å². The summed E-state index contributed by atoms with van der Waals surface area (Å²) in [4.78, 5) is 12.5. The van der Waals surface area contributed by atoms with Crippen LogP contribution in [0.15, 0.2) is 52.9 Å². The Hall–Kier alpha value is -2.30. The van der Waals surface area contributed by atoms with Crippen LogP contribution in [-0.2, 0) is 11.3 Å². The number of methoxy groups -OCH3 is 1. The molecular weight excluding hydrogens is 302 g/mol. The van der Waals surface area contributed by atoms with Gasteiger partial charge in [0, 0.05) is 18.1 Å². The first-order valence-electron chi connectivity index (χ1n) is 6.76. The number of benzene rings is 2. The maximum atomic E-state index is 12.5. The van der Waals surface area contributed by atoms with Crippen molar-refractivity contribution < 1.29 is 13.9 Å². The lowest BCUT2D eigenvalue weighted by Crippen LogP contribution is -2.13. The van der Waals surface area contributed by atoms with Crippen molar-refractivity contribution in [2.75, 3.05) is 12.4 Å². The van der Waals surface area contributed by atoms with Crippen molar-refractivity contribution in [3.63, 3.8) is 0 Å². The van der Waals surface area contributed by atoms with E-state index in [0.717, 1.165) is 10.9 Å². The first kappa shape index (κ1) is 14.6. The molecule has 1 heterocycles. The summed E-state index contributed by atoms with van der Waals surface area (Å²) in [6.07, 6.45) is 0. The van der Waals surface area contributed by atoms with Gasteiger partial charge in [-0.2, -0.15) is 0 Å². The Balaban J connectivity index is 2.00. The van der Waals surface area contributed by atoms with Gasteiger partial charge in [-0.05, 0) is 18.2 Å². The van der Waals surface area contributed by atoms with Gasteiger partial charge in [-0.25, -0.2) is 0 Å². The second-order valence-corrected chi connectivity index (χ2v) is 5.18. The second-order valence-electron chi connectivity index (χ2n) is 4.77. The zero-order valence-electron chi connectivity index (χ0n) is 11.9. The highest BCUT2D eigenvalue weighted by molar-refractivity contribution is 6.33. The SMILES string of the molecule is COCc1c(C(=O)Nc2ccccc2Cl)oc2ccccc12. The van der Waals surface area contributed by atoms with E-state index >= 15 is 0 Å². The second kappa shape index (κ2) is 6.22. The van der Waals surface area contributed by atoms with Gasteiger partial charge in [0.15, 0.2) is 5.76 Å². The van der Waals surface area contributed by atoms with E-state index in [1.165, 1.54) is 0 Å². The number of carbonyl (C=O) groups is 1. The number of para-hydroxylation sites is 2. The molecule has 0 saturated heterocycles. The van der Waals surface area contributed by atoms with Crippen molar-refractivity contribution in [1.82, 2.24) is 0 Å². The molecule has 1 N–H and O–H groups in total. The number of nitrogens with one attached hydrogen (secondary N) is 1. The van der Waals surface area contributed by atoms with E-state index in [1.807, 2.05) is 24.3 Å². The van der Waals surface area contributed by atoms with E-state index < -0.39 is 0 Å². The fourth-order valence-corrected chi connectivity index (χ4v) is 2.49. The number of fused-ring (bicyclic) bond motifs is 1. The average Bonchev–Trinajstić information content (AvgIpc) is 2.89. The minimum atomic E-state index is -0.351. The summed E-state index contributed by atoms with van der Waals surface area (Å²) in [6, 6.07) is 14.5. The summed E-state index contributed by atoms with van der Waals surface area (Å²) in [5.74, 6) is -0.112. The molecule has 1 amide bonds. The van der Waals surface area contributed by atoms with Crippen LogP contribution in [0.25, 0.3) is 11.0 Å². The molecule has 0 aliphatic carbocycles. The predicted octanol–water partition coefficient (Wildman–Crippen LogP) is 4.48. The first-order valence-corrected chi connectivity index (χ1v) is 7.13. The lowest BCUT2D eigenvalue weighted by molar-refractivity contribution is 0.0992.